The van der Waals surface area contributed by atoms with Crippen molar-refractivity contribution in [1.82, 2.24) is 4.48 Å². The first-order chi connectivity index (χ1) is 12.7. The quantitative estimate of drug-likeness (QED) is 0.693. The normalized spacial score (nSPS) is 17.9. The van der Waals surface area contributed by atoms with Crippen LogP contribution in [0.2, 0.25) is 0 Å². The molecule has 27 heavy (non-hydrogen) atoms. The topological polar surface area (TPSA) is 17.2 Å². The van der Waals surface area contributed by atoms with Gasteiger partial charge in [0.1, 0.15) is 11.5 Å². The summed E-state index contributed by atoms with van der Waals surface area (Å²) in [5.41, 5.74) is 6.60. The fraction of sp³-hybridized carbons (Fsp3) is 0.286. The zero-order chi connectivity index (χ0) is 19.7. The summed E-state index contributed by atoms with van der Waals surface area (Å²) in [6.07, 6.45) is 1.84. The number of ether oxygens (including phenoxy) is 1. The summed E-state index contributed by atoms with van der Waals surface area (Å²) in [6.45, 7) is 5.30. The highest BCUT2D eigenvalue weighted by Crippen LogP contribution is 2.46. The van der Waals surface area contributed by atoms with Gasteiger partial charge < -0.3 is 22.3 Å². The summed E-state index contributed by atoms with van der Waals surface area (Å²) in [5.74, 6) is 0.722. The SMILES string of the molecule is COc1c(C)cccc1C1=C2C(C)=CC(C)=[N+]2[B-](F)(F)n2c(C)cc(C)c21. The molecule has 6 heteroatoms. The molecule has 0 amide bonds. The van der Waals surface area contributed by atoms with E-state index in [2.05, 4.69) is 0 Å². The first-order valence-electron chi connectivity index (χ1n) is 9.11. The largest absolute Gasteiger partial charge is 0.737 e. The van der Waals surface area contributed by atoms with Crippen molar-refractivity contribution in [3.63, 3.8) is 0 Å². The van der Waals surface area contributed by atoms with E-state index in [4.69, 9.17) is 4.74 Å². The molecule has 0 unspecified atom stereocenters. The second kappa shape index (κ2) is 5.68. The van der Waals surface area contributed by atoms with E-state index in [0.717, 1.165) is 33.6 Å². The zero-order valence-electron chi connectivity index (χ0n) is 16.5. The molecule has 3 heterocycles. The minimum Gasteiger partial charge on any atom is -0.496 e. The van der Waals surface area contributed by atoms with Crippen molar-refractivity contribution in [2.24, 2.45) is 0 Å². The maximum absolute atomic E-state index is 15.6. The van der Waals surface area contributed by atoms with E-state index in [0.29, 0.717) is 22.8 Å². The highest BCUT2D eigenvalue weighted by molar-refractivity contribution is 6.58. The summed E-state index contributed by atoms with van der Waals surface area (Å²) in [5, 5.41) is 0. The van der Waals surface area contributed by atoms with Crippen LogP contribution in [-0.2, 0) is 0 Å². The molecular weight excluding hydrogens is 345 g/mol. The van der Waals surface area contributed by atoms with Gasteiger partial charge in [-0.25, -0.2) is 0 Å². The molecular formula is C21H23BF2N2O. The average molecular weight is 368 g/mol. The Balaban J connectivity index is 2.21. The number of hydrogen-bond acceptors (Lipinski definition) is 1. The molecule has 0 radical (unpaired) electrons. The van der Waals surface area contributed by atoms with Crippen molar-refractivity contribution in [1.29, 1.82) is 0 Å². The highest BCUT2D eigenvalue weighted by atomic mass is 19.2. The van der Waals surface area contributed by atoms with Gasteiger partial charge in [-0.05, 0) is 50.6 Å². The second-order valence-corrected chi connectivity index (χ2v) is 7.49. The molecule has 140 valence electrons. The molecule has 3 nitrogen and oxygen atoms in total. The predicted octanol–water partition coefficient (Wildman–Crippen LogP) is 4.85. The number of aryl methyl sites for hydroxylation is 3. The highest BCUT2D eigenvalue weighted by Gasteiger charge is 2.55. The molecule has 2 aliphatic rings. The molecule has 2 aromatic rings. The van der Waals surface area contributed by atoms with Gasteiger partial charge in [-0.1, -0.05) is 18.2 Å². The Morgan fingerprint density at radius 1 is 1.04 bits per heavy atom. The third kappa shape index (κ3) is 2.22. The van der Waals surface area contributed by atoms with Crippen molar-refractivity contribution in [2.45, 2.75) is 34.6 Å². The van der Waals surface area contributed by atoms with Gasteiger partial charge in [0.25, 0.3) is 0 Å². The summed E-state index contributed by atoms with van der Waals surface area (Å²) in [7, 11) is 1.63. The number of fused-ring (bicyclic) bond motifs is 2. The summed E-state index contributed by atoms with van der Waals surface area (Å²) >= 11 is 0. The Labute approximate surface area is 158 Å². The number of methoxy groups -OCH3 is 1. The maximum atomic E-state index is 15.6. The van der Waals surface area contributed by atoms with Crippen LogP contribution in [0.1, 0.15) is 41.9 Å². The fourth-order valence-corrected chi connectivity index (χ4v) is 4.67. The monoisotopic (exact) mass is 368 g/mol. The lowest BCUT2D eigenvalue weighted by atomic mass is 9.83. The van der Waals surface area contributed by atoms with Crippen molar-refractivity contribution in [3.05, 3.63) is 69.7 Å². The summed E-state index contributed by atoms with van der Waals surface area (Å²) in [4.78, 5) is 0. The minimum absolute atomic E-state index is 0.563. The van der Waals surface area contributed by atoms with Crippen molar-refractivity contribution >= 4 is 18.3 Å². The van der Waals surface area contributed by atoms with Crippen LogP contribution in [0.15, 0.2) is 41.6 Å². The average Bonchev–Trinajstić information content (AvgIpc) is 3.05. The number of hydrogen-bond donors (Lipinski definition) is 0. The molecule has 0 spiro atoms. The fourth-order valence-electron chi connectivity index (χ4n) is 4.67. The molecule has 0 N–H and O–H groups in total. The van der Waals surface area contributed by atoms with Crippen molar-refractivity contribution in [2.75, 3.05) is 7.11 Å². The molecule has 0 atom stereocenters. The number of para-hydroxylation sites is 1. The van der Waals surface area contributed by atoms with Gasteiger partial charge in [0.05, 0.1) is 12.7 Å². The van der Waals surface area contributed by atoms with E-state index in [9.17, 15) is 0 Å². The van der Waals surface area contributed by atoms with Gasteiger partial charge >= 0.3 is 6.97 Å². The van der Waals surface area contributed by atoms with Gasteiger partial charge in [0.15, 0.2) is 5.70 Å². The number of benzene rings is 1. The molecule has 0 bridgehead atoms. The molecule has 0 fully saturated rings. The Bertz CT molecular complexity index is 1090. The Morgan fingerprint density at radius 3 is 2.41 bits per heavy atom. The van der Waals surface area contributed by atoms with Gasteiger partial charge in [-0.2, -0.15) is 0 Å². The lowest BCUT2D eigenvalue weighted by molar-refractivity contribution is -0.363. The van der Waals surface area contributed by atoms with Crippen LogP contribution in [0.3, 0.4) is 0 Å². The van der Waals surface area contributed by atoms with E-state index in [-0.39, 0.29) is 0 Å². The lowest BCUT2D eigenvalue weighted by Gasteiger charge is -2.34. The molecule has 1 aromatic heterocycles. The van der Waals surface area contributed by atoms with E-state index >= 15 is 8.63 Å². The Morgan fingerprint density at radius 2 is 1.74 bits per heavy atom. The summed E-state index contributed by atoms with van der Waals surface area (Å²) < 4.78 is 39.4. The molecule has 0 saturated heterocycles. The lowest BCUT2D eigenvalue weighted by Crippen LogP contribution is -2.51. The third-order valence-electron chi connectivity index (χ3n) is 5.62. The maximum Gasteiger partial charge on any atom is 0.737 e. The van der Waals surface area contributed by atoms with E-state index in [1.807, 2.05) is 51.1 Å². The van der Waals surface area contributed by atoms with E-state index in [1.165, 1.54) is 8.96 Å². The number of allylic oxidation sites excluding steroid dienone is 2. The first kappa shape index (κ1) is 17.8. The molecule has 1 aromatic carbocycles. The van der Waals surface area contributed by atoms with Crippen LogP contribution in [0.5, 0.6) is 5.75 Å². The molecule has 4 rings (SSSR count). The van der Waals surface area contributed by atoms with Crippen molar-refractivity contribution in [3.8, 4) is 5.75 Å². The Kier molecular flexibility index (Phi) is 3.74. The van der Waals surface area contributed by atoms with Gasteiger partial charge in [-0.15, -0.1) is 0 Å². The molecule has 2 aliphatic heterocycles. The van der Waals surface area contributed by atoms with Gasteiger partial charge in [-0.3, -0.25) is 0 Å². The van der Waals surface area contributed by atoms with Crippen LogP contribution in [0.4, 0.5) is 8.63 Å². The van der Waals surface area contributed by atoms with E-state index < -0.39 is 6.97 Å². The summed E-state index contributed by atoms with van der Waals surface area (Å²) in [6, 6.07) is 7.71. The first-order valence-corrected chi connectivity index (χ1v) is 9.11. The van der Waals surface area contributed by atoms with Gasteiger partial charge in [0, 0.05) is 29.8 Å². The third-order valence-corrected chi connectivity index (χ3v) is 5.62. The van der Waals surface area contributed by atoms with Crippen LogP contribution in [0, 0.1) is 20.8 Å². The van der Waals surface area contributed by atoms with Gasteiger partial charge in [0.2, 0.25) is 0 Å². The predicted molar refractivity (Wildman–Crippen MR) is 106 cm³/mol. The smallest absolute Gasteiger partial charge is 0.496 e. The number of rotatable bonds is 2. The second-order valence-electron chi connectivity index (χ2n) is 7.49. The van der Waals surface area contributed by atoms with Crippen LogP contribution in [-0.4, -0.2) is 28.8 Å². The van der Waals surface area contributed by atoms with Crippen molar-refractivity contribution < 1.29 is 17.9 Å². The zero-order valence-corrected chi connectivity index (χ0v) is 16.5. The van der Waals surface area contributed by atoms with Crippen LogP contribution >= 0.6 is 0 Å². The van der Waals surface area contributed by atoms with Crippen LogP contribution in [0.25, 0.3) is 5.57 Å². The minimum atomic E-state index is -3.96. The standard InChI is InChI=1S/C21H23BF2N2O/c1-12-8-7-9-17(21(12)27-6)18-19-13(2)10-15(4)25(19)22(23,24)26-16(5)11-14(3)20(18)26/h7-11H,1-6H3. The number of nitrogens with zero attached hydrogens (tertiary/aromatic N) is 2. The van der Waals surface area contributed by atoms with E-state index in [1.54, 1.807) is 21.0 Å². The number of aromatic nitrogens is 1. The molecule has 0 aliphatic carbocycles. The number of halogens is 2. The molecule has 0 saturated carbocycles. The van der Waals surface area contributed by atoms with Crippen LogP contribution < -0.4 is 4.74 Å². The Hall–Kier alpha value is -2.63.